The molecule has 0 aliphatic rings. The molecule has 2 heterocycles. The quantitative estimate of drug-likeness (QED) is 0.540. The van der Waals surface area contributed by atoms with Crippen LogP contribution < -0.4 is 16.0 Å². The van der Waals surface area contributed by atoms with Gasteiger partial charge in [0, 0.05) is 15.4 Å². The van der Waals surface area contributed by atoms with Gasteiger partial charge < -0.3 is 4.74 Å². The second-order valence-corrected chi connectivity index (χ2v) is 6.43. The molecule has 8 heteroatoms. The van der Waals surface area contributed by atoms with Crippen molar-refractivity contribution in [2.75, 3.05) is 5.43 Å². The molecule has 0 radical (unpaired) electrons. The number of aryl methyl sites for hydroxylation is 1. The van der Waals surface area contributed by atoms with E-state index >= 15 is 0 Å². The molecule has 5 nitrogen and oxygen atoms in total. The van der Waals surface area contributed by atoms with Crippen LogP contribution in [0.4, 0.5) is 10.3 Å². The maximum Gasteiger partial charge on any atom is 0.241 e. The summed E-state index contributed by atoms with van der Waals surface area (Å²) in [5.41, 5.74) is 2.40. The van der Waals surface area contributed by atoms with Gasteiger partial charge in [-0.1, -0.05) is 15.9 Å². The molecular formula is C13H10BrFN4OS. The molecule has 3 aromatic rings. The van der Waals surface area contributed by atoms with E-state index in [0.29, 0.717) is 16.1 Å². The van der Waals surface area contributed by atoms with Gasteiger partial charge in [0.05, 0.1) is 5.39 Å². The SMILES string of the molecule is Cc1cc2c(Oc3cc(F)cc(Br)c3)nc(NN)nc2s1. The minimum atomic E-state index is -0.400. The number of fused-ring (bicyclic) bond motifs is 1. The number of benzene rings is 1. The average molecular weight is 369 g/mol. The van der Waals surface area contributed by atoms with Crippen LogP contribution in [0.1, 0.15) is 4.88 Å². The Morgan fingerprint density at radius 3 is 2.81 bits per heavy atom. The molecule has 3 N–H and O–H groups in total. The van der Waals surface area contributed by atoms with Crippen LogP contribution in [-0.4, -0.2) is 9.97 Å². The Morgan fingerprint density at radius 2 is 2.10 bits per heavy atom. The van der Waals surface area contributed by atoms with Gasteiger partial charge in [-0.25, -0.2) is 15.2 Å². The summed E-state index contributed by atoms with van der Waals surface area (Å²) >= 11 is 4.73. The first-order chi connectivity index (χ1) is 10.0. The fourth-order valence-corrected chi connectivity index (χ4v) is 3.17. The first kappa shape index (κ1) is 14.2. The number of hydrogen-bond donors (Lipinski definition) is 2. The Kier molecular flexibility index (Phi) is 3.75. The summed E-state index contributed by atoms with van der Waals surface area (Å²) in [5.74, 6) is 5.88. The third-order valence-electron chi connectivity index (χ3n) is 2.66. The number of rotatable bonds is 3. The lowest BCUT2D eigenvalue weighted by Crippen LogP contribution is -2.10. The Morgan fingerprint density at radius 1 is 1.29 bits per heavy atom. The highest BCUT2D eigenvalue weighted by molar-refractivity contribution is 9.10. The zero-order valence-electron chi connectivity index (χ0n) is 10.9. The number of ether oxygens (including phenoxy) is 1. The zero-order valence-corrected chi connectivity index (χ0v) is 13.3. The minimum absolute atomic E-state index is 0.245. The molecule has 0 bridgehead atoms. The molecule has 108 valence electrons. The number of halogens is 2. The van der Waals surface area contributed by atoms with E-state index in [4.69, 9.17) is 10.6 Å². The molecule has 2 aromatic heterocycles. The highest BCUT2D eigenvalue weighted by atomic mass is 79.9. The predicted molar refractivity (Wildman–Crippen MR) is 84.1 cm³/mol. The normalized spacial score (nSPS) is 10.9. The standard InChI is InChI=1S/C13H10BrFN4OS/c1-6-2-10-11(17-13(19-16)18-12(10)21-6)20-9-4-7(14)3-8(15)5-9/h2-5H,16H2,1H3,(H,17,18,19). The molecule has 1 aromatic carbocycles. The molecule has 0 aliphatic heterocycles. The maximum absolute atomic E-state index is 13.4. The summed E-state index contributed by atoms with van der Waals surface area (Å²) in [6.07, 6.45) is 0. The maximum atomic E-state index is 13.4. The van der Waals surface area contributed by atoms with Gasteiger partial charge in [-0.05, 0) is 25.1 Å². The number of nitrogens with two attached hydrogens (primary N) is 1. The number of hydrogen-bond acceptors (Lipinski definition) is 6. The van der Waals surface area contributed by atoms with Crippen LogP contribution in [0.15, 0.2) is 28.7 Å². The topological polar surface area (TPSA) is 73.1 Å². The lowest BCUT2D eigenvalue weighted by molar-refractivity contribution is 0.463. The third-order valence-corrected chi connectivity index (χ3v) is 4.06. The predicted octanol–water partition coefficient (Wildman–Crippen LogP) is 3.98. The van der Waals surface area contributed by atoms with E-state index in [1.165, 1.54) is 23.5 Å². The van der Waals surface area contributed by atoms with Crippen LogP contribution in [0.5, 0.6) is 11.6 Å². The molecule has 0 aliphatic carbocycles. The van der Waals surface area contributed by atoms with Crippen LogP contribution >= 0.6 is 27.3 Å². The van der Waals surface area contributed by atoms with Crippen molar-refractivity contribution in [3.8, 4) is 11.6 Å². The van der Waals surface area contributed by atoms with Crippen molar-refractivity contribution in [2.45, 2.75) is 6.92 Å². The smallest absolute Gasteiger partial charge is 0.241 e. The van der Waals surface area contributed by atoms with Crippen LogP contribution in [0, 0.1) is 12.7 Å². The zero-order chi connectivity index (χ0) is 15.0. The first-order valence-corrected chi connectivity index (χ1v) is 7.55. The number of anilines is 1. The van der Waals surface area contributed by atoms with Crippen LogP contribution in [0.2, 0.25) is 0 Å². The summed E-state index contributed by atoms with van der Waals surface area (Å²) < 4.78 is 19.7. The third kappa shape index (κ3) is 2.97. The van der Waals surface area contributed by atoms with Gasteiger partial charge in [-0.3, -0.25) is 5.43 Å². The highest BCUT2D eigenvalue weighted by Crippen LogP contribution is 2.34. The Hall–Kier alpha value is -1.77. The molecule has 0 spiro atoms. The van der Waals surface area contributed by atoms with Gasteiger partial charge in [0.15, 0.2) is 0 Å². The van der Waals surface area contributed by atoms with Crippen LogP contribution in [0.3, 0.4) is 0 Å². The van der Waals surface area contributed by atoms with Crippen molar-refractivity contribution in [1.29, 1.82) is 0 Å². The molecule has 0 unspecified atom stereocenters. The Bertz CT molecular complexity index is 803. The van der Waals surface area contributed by atoms with Gasteiger partial charge in [-0.2, -0.15) is 4.98 Å². The summed E-state index contributed by atoms with van der Waals surface area (Å²) in [4.78, 5) is 10.3. The number of aromatic nitrogens is 2. The Labute approximate surface area is 132 Å². The van der Waals surface area contributed by atoms with E-state index in [0.717, 1.165) is 15.1 Å². The second kappa shape index (κ2) is 5.55. The second-order valence-electron chi connectivity index (χ2n) is 4.28. The minimum Gasteiger partial charge on any atom is -0.438 e. The average Bonchev–Trinajstić information content (AvgIpc) is 2.78. The van der Waals surface area contributed by atoms with Crippen molar-refractivity contribution in [3.63, 3.8) is 0 Å². The van der Waals surface area contributed by atoms with Gasteiger partial charge in [-0.15, -0.1) is 11.3 Å². The van der Waals surface area contributed by atoms with E-state index in [2.05, 4.69) is 31.3 Å². The Balaban J connectivity index is 2.10. The number of hydrazine groups is 1. The molecule has 0 amide bonds. The molecule has 3 rings (SSSR count). The van der Waals surface area contributed by atoms with Crippen molar-refractivity contribution in [1.82, 2.24) is 9.97 Å². The monoisotopic (exact) mass is 368 g/mol. The van der Waals surface area contributed by atoms with Gasteiger partial charge in [0.25, 0.3) is 0 Å². The molecule has 0 fully saturated rings. The van der Waals surface area contributed by atoms with Crippen molar-refractivity contribution < 1.29 is 9.13 Å². The summed E-state index contributed by atoms with van der Waals surface area (Å²) in [5, 5.41) is 0.761. The molecular weight excluding hydrogens is 359 g/mol. The van der Waals surface area contributed by atoms with E-state index in [9.17, 15) is 4.39 Å². The number of nitrogen functional groups attached to an aromatic ring is 1. The molecule has 0 atom stereocenters. The van der Waals surface area contributed by atoms with Crippen molar-refractivity contribution in [3.05, 3.63) is 39.4 Å². The molecule has 0 saturated heterocycles. The van der Waals surface area contributed by atoms with Gasteiger partial charge in [0.1, 0.15) is 16.4 Å². The number of nitrogens with zero attached hydrogens (tertiary/aromatic N) is 2. The van der Waals surface area contributed by atoms with Gasteiger partial charge in [0.2, 0.25) is 11.8 Å². The lowest BCUT2D eigenvalue weighted by atomic mass is 10.3. The van der Waals surface area contributed by atoms with Crippen LogP contribution in [-0.2, 0) is 0 Å². The van der Waals surface area contributed by atoms with Gasteiger partial charge >= 0.3 is 0 Å². The number of nitrogens with one attached hydrogen (secondary N) is 1. The summed E-state index contributed by atoms with van der Waals surface area (Å²) in [6, 6.07) is 6.22. The first-order valence-electron chi connectivity index (χ1n) is 5.94. The molecule has 21 heavy (non-hydrogen) atoms. The lowest BCUT2D eigenvalue weighted by Gasteiger charge is -2.08. The van der Waals surface area contributed by atoms with Crippen molar-refractivity contribution in [2.24, 2.45) is 5.84 Å². The molecule has 0 saturated carbocycles. The fraction of sp³-hybridized carbons (Fsp3) is 0.0769. The highest BCUT2D eigenvalue weighted by Gasteiger charge is 2.13. The van der Waals surface area contributed by atoms with E-state index in [-0.39, 0.29) is 5.95 Å². The number of thiophene rings is 1. The largest absolute Gasteiger partial charge is 0.438 e. The van der Waals surface area contributed by atoms with E-state index < -0.39 is 5.82 Å². The van der Waals surface area contributed by atoms with E-state index in [1.807, 2.05) is 13.0 Å². The summed E-state index contributed by atoms with van der Waals surface area (Å²) in [7, 11) is 0. The van der Waals surface area contributed by atoms with Crippen LogP contribution in [0.25, 0.3) is 10.2 Å². The van der Waals surface area contributed by atoms with Crippen molar-refractivity contribution >= 4 is 43.4 Å². The van der Waals surface area contributed by atoms with E-state index in [1.54, 1.807) is 6.07 Å². The fourth-order valence-electron chi connectivity index (χ4n) is 1.86. The summed E-state index contributed by atoms with van der Waals surface area (Å²) in [6.45, 7) is 1.96.